The van der Waals surface area contributed by atoms with Crippen molar-refractivity contribution in [1.82, 2.24) is 10.3 Å². The second-order valence-electron chi connectivity index (χ2n) is 7.44. The molecule has 2 aliphatic carbocycles. The van der Waals surface area contributed by atoms with Crippen LogP contribution in [0.1, 0.15) is 37.7 Å². The Morgan fingerprint density at radius 2 is 1.92 bits per heavy atom. The van der Waals surface area contributed by atoms with Gasteiger partial charge in [0, 0.05) is 23.7 Å². The Labute approximate surface area is 142 Å². The quantitative estimate of drug-likeness (QED) is 0.912. The van der Waals surface area contributed by atoms with Gasteiger partial charge >= 0.3 is 0 Å². The molecule has 1 heterocycles. The molecule has 4 heteroatoms. The number of hydrogen-bond donors (Lipinski definition) is 2. The maximum absolute atomic E-state index is 12.7. The monoisotopic (exact) mass is 323 g/mol. The SMILES string of the molecule is NC1CC2CCCC(C1)C2NC(=O)Cc1cccc2cccnc12. The number of aromatic nitrogens is 1. The van der Waals surface area contributed by atoms with E-state index in [1.165, 1.54) is 19.3 Å². The van der Waals surface area contributed by atoms with Crippen LogP contribution in [0.3, 0.4) is 0 Å². The van der Waals surface area contributed by atoms with Gasteiger partial charge in [-0.25, -0.2) is 0 Å². The van der Waals surface area contributed by atoms with Crippen LogP contribution in [-0.2, 0) is 11.2 Å². The lowest BCUT2D eigenvalue weighted by Crippen LogP contribution is -2.54. The number of hydrogen-bond acceptors (Lipinski definition) is 3. The molecule has 2 fully saturated rings. The first-order valence-corrected chi connectivity index (χ1v) is 9.08. The fourth-order valence-electron chi connectivity index (χ4n) is 4.74. The molecule has 2 atom stereocenters. The predicted octanol–water partition coefficient (Wildman–Crippen LogP) is 2.80. The normalized spacial score (nSPS) is 29.4. The van der Waals surface area contributed by atoms with Crippen molar-refractivity contribution in [3.8, 4) is 0 Å². The number of nitrogens with zero attached hydrogens (tertiary/aromatic N) is 1. The Hall–Kier alpha value is -1.94. The molecule has 24 heavy (non-hydrogen) atoms. The van der Waals surface area contributed by atoms with Crippen molar-refractivity contribution < 1.29 is 4.79 Å². The second-order valence-corrected chi connectivity index (χ2v) is 7.44. The molecule has 1 aromatic carbocycles. The molecule has 0 spiro atoms. The molecule has 126 valence electrons. The van der Waals surface area contributed by atoms with E-state index in [1.807, 2.05) is 30.3 Å². The van der Waals surface area contributed by atoms with Gasteiger partial charge in [-0.2, -0.15) is 0 Å². The highest BCUT2D eigenvalue weighted by molar-refractivity contribution is 5.87. The average Bonchev–Trinajstić information content (AvgIpc) is 2.56. The number of rotatable bonds is 3. The van der Waals surface area contributed by atoms with E-state index in [4.69, 9.17) is 5.73 Å². The lowest BCUT2D eigenvalue weighted by Gasteiger charge is -2.45. The summed E-state index contributed by atoms with van der Waals surface area (Å²) in [5.41, 5.74) is 8.12. The summed E-state index contributed by atoms with van der Waals surface area (Å²) in [6.07, 6.45) is 7.97. The summed E-state index contributed by atoms with van der Waals surface area (Å²) in [5, 5.41) is 4.42. The molecule has 0 saturated heterocycles. The molecule has 0 aliphatic heterocycles. The largest absolute Gasteiger partial charge is 0.353 e. The first-order chi connectivity index (χ1) is 11.7. The summed E-state index contributed by atoms with van der Waals surface area (Å²) in [6, 6.07) is 10.6. The highest BCUT2D eigenvalue weighted by Gasteiger charge is 2.39. The first kappa shape index (κ1) is 15.6. The standard InChI is InChI=1S/C20H25N3O/c21-17-10-14-5-2-6-15(11-17)20(14)23-18(24)12-16-7-1-4-13-8-3-9-22-19(13)16/h1,3-4,7-9,14-15,17,20H,2,5-6,10-12,21H2,(H,23,24). The van der Waals surface area contributed by atoms with Crippen LogP contribution in [0.25, 0.3) is 10.9 Å². The number of para-hydroxylation sites is 1. The number of fused-ring (bicyclic) bond motifs is 3. The number of carbonyl (C=O) groups is 1. The van der Waals surface area contributed by atoms with Gasteiger partial charge in [0.25, 0.3) is 0 Å². The van der Waals surface area contributed by atoms with Gasteiger partial charge in [0.1, 0.15) is 0 Å². The van der Waals surface area contributed by atoms with Crippen LogP contribution in [-0.4, -0.2) is 23.0 Å². The van der Waals surface area contributed by atoms with Gasteiger partial charge in [-0.1, -0.05) is 30.7 Å². The number of nitrogens with one attached hydrogen (secondary N) is 1. The van der Waals surface area contributed by atoms with Crippen molar-refractivity contribution in [2.24, 2.45) is 17.6 Å². The first-order valence-electron chi connectivity index (χ1n) is 9.08. The fraction of sp³-hybridized carbons (Fsp3) is 0.500. The van der Waals surface area contributed by atoms with Gasteiger partial charge in [0.15, 0.2) is 0 Å². The number of amides is 1. The Morgan fingerprint density at radius 3 is 2.71 bits per heavy atom. The lowest BCUT2D eigenvalue weighted by molar-refractivity contribution is -0.122. The van der Waals surface area contributed by atoms with E-state index in [0.29, 0.717) is 30.3 Å². The third-order valence-corrected chi connectivity index (χ3v) is 5.77. The summed E-state index contributed by atoms with van der Waals surface area (Å²) in [7, 11) is 0. The van der Waals surface area contributed by atoms with Gasteiger partial charge in [-0.15, -0.1) is 0 Å². The zero-order chi connectivity index (χ0) is 16.5. The van der Waals surface area contributed by atoms with Crippen molar-refractivity contribution in [3.63, 3.8) is 0 Å². The molecule has 3 N–H and O–H groups in total. The Morgan fingerprint density at radius 1 is 1.17 bits per heavy atom. The summed E-state index contributed by atoms with van der Waals surface area (Å²) in [4.78, 5) is 17.1. The number of nitrogens with two attached hydrogens (primary N) is 1. The van der Waals surface area contributed by atoms with Crippen LogP contribution in [0, 0.1) is 11.8 Å². The van der Waals surface area contributed by atoms with E-state index in [-0.39, 0.29) is 5.91 Å². The minimum absolute atomic E-state index is 0.116. The van der Waals surface area contributed by atoms with E-state index in [1.54, 1.807) is 6.20 Å². The number of benzene rings is 1. The molecule has 0 radical (unpaired) electrons. The Kier molecular flexibility index (Phi) is 4.23. The molecular weight excluding hydrogens is 298 g/mol. The Bertz CT molecular complexity index is 725. The van der Waals surface area contributed by atoms with Crippen LogP contribution in [0.5, 0.6) is 0 Å². The number of carbonyl (C=O) groups excluding carboxylic acids is 1. The van der Waals surface area contributed by atoms with E-state index in [9.17, 15) is 4.79 Å². The fourth-order valence-corrected chi connectivity index (χ4v) is 4.74. The maximum Gasteiger partial charge on any atom is 0.224 e. The molecular formula is C20H25N3O. The summed E-state index contributed by atoms with van der Waals surface area (Å²) in [6.45, 7) is 0. The maximum atomic E-state index is 12.7. The topological polar surface area (TPSA) is 68.0 Å². The van der Waals surface area contributed by atoms with Gasteiger partial charge in [0.05, 0.1) is 11.9 Å². The third kappa shape index (κ3) is 3.03. The highest BCUT2D eigenvalue weighted by atomic mass is 16.1. The molecule has 2 unspecified atom stereocenters. The van der Waals surface area contributed by atoms with Gasteiger partial charge in [-0.05, 0) is 49.1 Å². The van der Waals surface area contributed by atoms with Crippen LogP contribution >= 0.6 is 0 Å². The van der Waals surface area contributed by atoms with Crippen LogP contribution in [0.15, 0.2) is 36.5 Å². The molecule has 2 saturated carbocycles. The van der Waals surface area contributed by atoms with Crippen molar-refractivity contribution in [1.29, 1.82) is 0 Å². The second kappa shape index (κ2) is 6.52. The molecule has 4 rings (SSSR count). The average molecular weight is 323 g/mol. The minimum Gasteiger partial charge on any atom is -0.353 e. The molecule has 1 amide bonds. The molecule has 1 aromatic heterocycles. The minimum atomic E-state index is 0.116. The predicted molar refractivity (Wildman–Crippen MR) is 95.4 cm³/mol. The molecule has 2 aliphatic rings. The van der Waals surface area contributed by atoms with Crippen molar-refractivity contribution in [2.75, 3.05) is 0 Å². The van der Waals surface area contributed by atoms with Crippen molar-refractivity contribution >= 4 is 16.8 Å². The van der Waals surface area contributed by atoms with E-state index >= 15 is 0 Å². The van der Waals surface area contributed by atoms with Crippen LogP contribution in [0.4, 0.5) is 0 Å². The van der Waals surface area contributed by atoms with Gasteiger partial charge < -0.3 is 11.1 Å². The lowest BCUT2D eigenvalue weighted by atomic mass is 9.67. The van der Waals surface area contributed by atoms with Crippen LogP contribution < -0.4 is 11.1 Å². The van der Waals surface area contributed by atoms with Gasteiger partial charge in [0.2, 0.25) is 5.91 Å². The van der Waals surface area contributed by atoms with E-state index < -0.39 is 0 Å². The molecule has 2 bridgehead atoms. The van der Waals surface area contributed by atoms with E-state index in [2.05, 4.69) is 10.3 Å². The third-order valence-electron chi connectivity index (χ3n) is 5.77. The molecule has 2 aromatic rings. The highest BCUT2D eigenvalue weighted by Crippen LogP contribution is 2.39. The van der Waals surface area contributed by atoms with Crippen LogP contribution in [0.2, 0.25) is 0 Å². The van der Waals surface area contributed by atoms with E-state index in [0.717, 1.165) is 29.3 Å². The van der Waals surface area contributed by atoms with Crippen molar-refractivity contribution in [2.45, 2.75) is 50.6 Å². The Balaban J connectivity index is 1.48. The number of pyridine rings is 1. The zero-order valence-electron chi connectivity index (χ0n) is 13.9. The summed E-state index contributed by atoms with van der Waals surface area (Å²) in [5.74, 6) is 1.23. The van der Waals surface area contributed by atoms with Crippen molar-refractivity contribution in [3.05, 3.63) is 42.1 Å². The molecule has 4 nitrogen and oxygen atoms in total. The smallest absolute Gasteiger partial charge is 0.224 e. The summed E-state index contributed by atoms with van der Waals surface area (Å²) < 4.78 is 0. The van der Waals surface area contributed by atoms with Gasteiger partial charge in [-0.3, -0.25) is 9.78 Å². The zero-order valence-corrected chi connectivity index (χ0v) is 13.9. The summed E-state index contributed by atoms with van der Waals surface area (Å²) >= 11 is 0.